The third-order valence-electron chi connectivity index (χ3n) is 3.17. The molecule has 0 amide bonds. The summed E-state index contributed by atoms with van der Waals surface area (Å²) in [4.78, 5) is 3.85. The van der Waals surface area contributed by atoms with Gasteiger partial charge in [-0.2, -0.15) is 0 Å². The molecule has 0 nitrogen and oxygen atoms in total. The molecule has 0 saturated heterocycles. The maximum atomic E-state index is 2.28. The topological polar surface area (TPSA) is 0 Å². The highest BCUT2D eigenvalue weighted by atomic mass is 32.2. The molecule has 3 heteroatoms. The average Bonchev–Trinajstić information content (AvgIpc) is 2.64. The highest BCUT2D eigenvalue weighted by Gasteiger charge is 2.09. The minimum atomic E-state index is 0.339. The third kappa shape index (κ3) is 5.82. The predicted octanol–water partition coefficient (Wildman–Crippen LogP) is 7.20. The summed E-state index contributed by atoms with van der Waals surface area (Å²) >= 11 is 5.53. The molecule has 120 valence electrons. The molecule has 0 N–H and O–H groups in total. The van der Waals surface area contributed by atoms with Gasteiger partial charge in [0.05, 0.1) is 4.58 Å². The van der Waals surface area contributed by atoms with Crippen molar-refractivity contribution >= 4 is 35.3 Å². The van der Waals surface area contributed by atoms with E-state index in [1.807, 2.05) is 29.6 Å². The van der Waals surface area contributed by atoms with Crippen molar-refractivity contribution in [3.63, 3.8) is 0 Å². The second-order valence-electron chi connectivity index (χ2n) is 4.99. The molecule has 0 saturated carbocycles. The lowest BCUT2D eigenvalue weighted by Gasteiger charge is -2.12. The lowest BCUT2D eigenvalue weighted by Crippen LogP contribution is -1.91. The van der Waals surface area contributed by atoms with Crippen LogP contribution in [0.1, 0.15) is 0 Å². The van der Waals surface area contributed by atoms with Crippen LogP contribution in [-0.2, 0) is 0 Å². The van der Waals surface area contributed by atoms with Crippen molar-refractivity contribution in [2.24, 2.45) is 0 Å². The summed E-state index contributed by atoms with van der Waals surface area (Å²) in [6.07, 6.45) is 2.28. The van der Waals surface area contributed by atoms with Crippen molar-refractivity contribution < 1.29 is 0 Å². The van der Waals surface area contributed by atoms with E-state index in [4.69, 9.17) is 0 Å². The molecule has 0 aliphatic carbocycles. The Labute approximate surface area is 156 Å². The maximum Gasteiger partial charge on any atom is 0.0784 e. The number of benzene rings is 3. The molecule has 0 aliphatic rings. The van der Waals surface area contributed by atoms with Gasteiger partial charge in [0.2, 0.25) is 0 Å². The first kappa shape index (κ1) is 17.3. The molecule has 3 aromatic carbocycles. The van der Waals surface area contributed by atoms with Crippen molar-refractivity contribution in [2.75, 3.05) is 0 Å². The lowest BCUT2D eigenvalue weighted by atomic mass is 10.4. The highest BCUT2D eigenvalue weighted by Crippen LogP contribution is 2.37. The first-order valence-corrected chi connectivity index (χ1v) is 10.4. The Morgan fingerprint density at radius 2 is 0.958 bits per heavy atom. The van der Waals surface area contributed by atoms with E-state index in [2.05, 4.69) is 96.4 Å². The van der Waals surface area contributed by atoms with Gasteiger partial charge in [-0.05, 0) is 41.8 Å². The van der Waals surface area contributed by atoms with E-state index in [1.165, 1.54) is 14.7 Å². The van der Waals surface area contributed by atoms with Crippen molar-refractivity contribution in [3.8, 4) is 0 Å². The summed E-state index contributed by atoms with van der Waals surface area (Å²) in [6.45, 7) is 0. The van der Waals surface area contributed by atoms with E-state index in [-0.39, 0.29) is 0 Å². The normalized spacial score (nSPS) is 11.2. The van der Waals surface area contributed by atoms with Crippen LogP contribution in [0.3, 0.4) is 0 Å². The molecule has 0 aromatic heterocycles. The standard InChI is InChI=1S/C21H18S3/c1-4-10-18(11-5-1)22-17-16-21(23-19-12-6-2-7-13-19)24-20-14-8-3-9-15-20/h1-17,21H/b17-16+. The molecular weight excluding hydrogens is 348 g/mol. The van der Waals surface area contributed by atoms with Crippen LogP contribution in [0, 0.1) is 0 Å². The first-order valence-electron chi connectivity index (χ1n) is 7.72. The Hall–Kier alpha value is -1.55. The number of hydrogen-bond donors (Lipinski definition) is 0. The van der Waals surface area contributed by atoms with Crippen LogP contribution >= 0.6 is 35.3 Å². The average molecular weight is 367 g/mol. The molecular formula is C21H18S3. The molecule has 0 atom stereocenters. The fourth-order valence-corrected chi connectivity index (χ4v) is 5.29. The third-order valence-corrected chi connectivity index (χ3v) is 6.46. The van der Waals surface area contributed by atoms with E-state index in [9.17, 15) is 0 Å². The van der Waals surface area contributed by atoms with Crippen molar-refractivity contribution in [3.05, 3.63) is 102 Å². The summed E-state index contributed by atoms with van der Waals surface area (Å²) in [5, 5.41) is 2.20. The van der Waals surface area contributed by atoms with Crippen LogP contribution in [0.4, 0.5) is 0 Å². The first-order chi connectivity index (χ1) is 11.9. The van der Waals surface area contributed by atoms with Gasteiger partial charge in [-0.1, -0.05) is 72.4 Å². The molecule has 0 unspecified atom stereocenters. The maximum absolute atomic E-state index is 2.28. The minimum Gasteiger partial charge on any atom is -0.107 e. The minimum absolute atomic E-state index is 0.339. The Kier molecular flexibility index (Phi) is 6.97. The van der Waals surface area contributed by atoms with E-state index < -0.39 is 0 Å². The molecule has 0 bridgehead atoms. The molecule has 0 radical (unpaired) electrons. The summed E-state index contributed by atoms with van der Waals surface area (Å²) < 4.78 is 0.339. The Balaban J connectivity index is 1.69. The second-order valence-corrected chi connectivity index (χ2v) is 8.70. The molecule has 0 spiro atoms. The molecule has 0 fully saturated rings. The zero-order chi connectivity index (χ0) is 16.5. The van der Waals surface area contributed by atoms with Gasteiger partial charge >= 0.3 is 0 Å². The SMILES string of the molecule is C(=C\C(Sc1ccccc1)Sc1ccccc1)/Sc1ccccc1. The number of rotatable bonds is 7. The lowest BCUT2D eigenvalue weighted by molar-refractivity contribution is 1.43. The molecule has 24 heavy (non-hydrogen) atoms. The van der Waals surface area contributed by atoms with Crippen LogP contribution in [0.15, 0.2) is 117 Å². The van der Waals surface area contributed by atoms with Crippen LogP contribution in [-0.4, -0.2) is 4.58 Å². The Morgan fingerprint density at radius 1 is 0.542 bits per heavy atom. The fourth-order valence-electron chi connectivity index (χ4n) is 2.05. The summed E-state index contributed by atoms with van der Waals surface area (Å²) in [7, 11) is 0. The van der Waals surface area contributed by atoms with Crippen LogP contribution in [0.5, 0.6) is 0 Å². The van der Waals surface area contributed by atoms with Gasteiger partial charge in [-0.15, -0.1) is 23.5 Å². The van der Waals surface area contributed by atoms with Gasteiger partial charge in [0.25, 0.3) is 0 Å². The van der Waals surface area contributed by atoms with E-state index in [0.29, 0.717) is 4.58 Å². The molecule has 3 rings (SSSR count). The Bertz CT molecular complexity index is 698. The quantitative estimate of drug-likeness (QED) is 0.320. The number of hydrogen-bond acceptors (Lipinski definition) is 3. The zero-order valence-corrected chi connectivity index (χ0v) is 15.6. The van der Waals surface area contributed by atoms with Crippen LogP contribution in [0.2, 0.25) is 0 Å². The van der Waals surface area contributed by atoms with Crippen molar-refractivity contribution in [1.29, 1.82) is 0 Å². The van der Waals surface area contributed by atoms with Crippen LogP contribution < -0.4 is 0 Å². The summed E-state index contributed by atoms with van der Waals surface area (Å²) in [5.41, 5.74) is 0. The predicted molar refractivity (Wildman–Crippen MR) is 110 cm³/mol. The van der Waals surface area contributed by atoms with Crippen molar-refractivity contribution in [2.45, 2.75) is 19.3 Å². The highest BCUT2D eigenvalue weighted by molar-refractivity contribution is 8.17. The van der Waals surface area contributed by atoms with Gasteiger partial charge in [0.1, 0.15) is 0 Å². The smallest absolute Gasteiger partial charge is 0.0784 e. The molecule has 0 heterocycles. The monoisotopic (exact) mass is 366 g/mol. The van der Waals surface area contributed by atoms with Gasteiger partial charge in [0.15, 0.2) is 0 Å². The molecule has 3 aromatic rings. The molecule has 0 aliphatic heterocycles. The van der Waals surface area contributed by atoms with E-state index >= 15 is 0 Å². The van der Waals surface area contributed by atoms with Gasteiger partial charge in [0, 0.05) is 14.7 Å². The summed E-state index contributed by atoms with van der Waals surface area (Å²) in [6, 6.07) is 31.6. The van der Waals surface area contributed by atoms with Gasteiger partial charge < -0.3 is 0 Å². The van der Waals surface area contributed by atoms with Crippen molar-refractivity contribution in [1.82, 2.24) is 0 Å². The fraction of sp³-hybridized carbons (Fsp3) is 0.0476. The van der Waals surface area contributed by atoms with Gasteiger partial charge in [-0.25, -0.2) is 0 Å². The largest absolute Gasteiger partial charge is 0.107 e. The second kappa shape index (κ2) is 9.67. The number of thioether (sulfide) groups is 3. The Morgan fingerprint density at radius 3 is 1.42 bits per heavy atom. The van der Waals surface area contributed by atoms with Crippen LogP contribution in [0.25, 0.3) is 0 Å². The van der Waals surface area contributed by atoms with E-state index in [0.717, 1.165) is 0 Å². The summed E-state index contributed by atoms with van der Waals surface area (Å²) in [5.74, 6) is 0. The van der Waals surface area contributed by atoms with E-state index in [1.54, 1.807) is 11.8 Å². The zero-order valence-electron chi connectivity index (χ0n) is 13.1. The van der Waals surface area contributed by atoms with Gasteiger partial charge in [-0.3, -0.25) is 0 Å².